The van der Waals surface area contributed by atoms with E-state index in [9.17, 15) is 20.1 Å². The number of carbonyl (C=O) groups is 1. The maximum Gasteiger partial charge on any atom is 0.185 e. The first-order valence-electron chi connectivity index (χ1n) is 7.30. The summed E-state index contributed by atoms with van der Waals surface area (Å²) in [7, 11) is 1.41. The summed E-state index contributed by atoms with van der Waals surface area (Å²) in [6.07, 6.45) is 2.48. The molecule has 0 fully saturated rings. The number of hydrogen-bond acceptors (Lipinski definition) is 6. The summed E-state index contributed by atoms with van der Waals surface area (Å²) < 4.78 is 10.2. The maximum absolute atomic E-state index is 12.2. The first-order valence-corrected chi connectivity index (χ1v) is 8.42. The van der Waals surface area contributed by atoms with Crippen LogP contribution in [-0.4, -0.2) is 40.1 Å². The summed E-state index contributed by atoms with van der Waals surface area (Å²) in [6, 6.07) is 6.96. The number of hydrogen-bond donors (Lipinski definition) is 3. The number of methoxy groups -OCH3 is 1. The number of halogens is 1. The smallest absolute Gasteiger partial charge is 0.185 e. The maximum atomic E-state index is 12.2. The molecule has 0 saturated carbocycles. The topological polar surface area (TPSA) is 96.2 Å². The van der Waals surface area contributed by atoms with Crippen LogP contribution in [0.15, 0.2) is 36.4 Å². The Balaban J connectivity index is 2.20. The molecule has 0 heterocycles. The van der Waals surface area contributed by atoms with Gasteiger partial charge in [-0.15, -0.1) is 0 Å². The largest absolute Gasteiger partial charge is 0.507 e. The van der Waals surface area contributed by atoms with Gasteiger partial charge in [0.2, 0.25) is 0 Å². The van der Waals surface area contributed by atoms with E-state index in [-0.39, 0.29) is 34.1 Å². The summed E-state index contributed by atoms with van der Waals surface area (Å²) in [6.45, 7) is 0.382. The second-order valence-electron chi connectivity index (χ2n) is 5.00. The minimum Gasteiger partial charge on any atom is -0.507 e. The van der Waals surface area contributed by atoms with Crippen LogP contribution in [0, 0.1) is 0 Å². The molecule has 2 aromatic rings. The molecule has 7 heteroatoms. The lowest BCUT2D eigenvalue weighted by Crippen LogP contribution is -1.98. The van der Waals surface area contributed by atoms with Gasteiger partial charge in [-0.2, -0.15) is 0 Å². The fraction of sp³-hybridized carbons (Fsp3) is 0.167. The van der Waals surface area contributed by atoms with Crippen LogP contribution in [-0.2, 0) is 0 Å². The van der Waals surface area contributed by atoms with Crippen molar-refractivity contribution in [1.29, 1.82) is 0 Å². The number of carbonyl (C=O) groups excluding carboxylic acids is 1. The van der Waals surface area contributed by atoms with Gasteiger partial charge >= 0.3 is 0 Å². The van der Waals surface area contributed by atoms with E-state index < -0.39 is 5.78 Å². The molecule has 0 amide bonds. The first kappa shape index (κ1) is 18.7. The third-order valence-corrected chi connectivity index (χ3v) is 3.64. The van der Waals surface area contributed by atoms with Gasteiger partial charge in [0.05, 0.1) is 19.3 Å². The van der Waals surface area contributed by atoms with Crippen molar-refractivity contribution in [2.75, 3.05) is 19.0 Å². The monoisotopic (exact) mass is 408 g/mol. The van der Waals surface area contributed by atoms with E-state index in [0.29, 0.717) is 17.7 Å². The average Bonchev–Trinajstić information content (AvgIpc) is 2.58. The molecule has 0 aliphatic rings. The number of phenols is 3. The van der Waals surface area contributed by atoms with Crippen LogP contribution in [0.2, 0.25) is 0 Å². The molecular formula is C18H17BrO6. The molecule has 0 aromatic heterocycles. The van der Waals surface area contributed by atoms with Crippen LogP contribution >= 0.6 is 15.9 Å². The number of ether oxygens (including phenoxy) is 2. The van der Waals surface area contributed by atoms with Gasteiger partial charge in [0.15, 0.2) is 17.3 Å². The Morgan fingerprint density at radius 2 is 1.80 bits per heavy atom. The Kier molecular flexibility index (Phi) is 6.30. The van der Waals surface area contributed by atoms with Crippen LogP contribution < -0.4 is 9.47 Å². The zero-order chi connectivity index (χ0) is 18.4. The Bertz CT molecular complexity index is 777. The van der Waals surface area contributed by atoms with Crippen LogP contribution in [0.3, 0.4) is 0 Å². The second kappa shape index (κ2) is 8.43. The van der Waals surface area contributed by atoms with Crippen LogP contribution in [0.1, 0.15) is 15.9 Å². The third-order valence-electron chi connectivity index (χ3n) is 3.32. The third kappa shape index (κ3) is 4.67. The highest BCUT2D eigenvalue weighted by Crippen LogP contribution is 2.34. The van der Waals surface area contributed by atoms with Crippen LogP contribution in [0.5, 0.6) is 28.7 Å². The van der Waals surface area contributed by atoms with E-state index in [0.717, 1.165) is 0 Å². The summed E-state index contributed by atoms with van der Waals surface area (Å²) in [5, 5.41) is 30.3. The standard InChI is InChI=1S/C18H17BrO6/c1-24-18-5-2-11(8-17(18)23)14(20)4-3-13-15(21)9-12(10-16(13)22)25-7-6-19/h2-5,8-10,21-23H,6-7H2,1H3. The molecule has 25 heavy (non-hydrogen) atoms. The highest BCUT2D eigenvalue weighted by atomic mass is 79.9. The van der Waals surface area contributed by atoms with E-state index >= 15 is 0 Å². The second-order valence-corrected chi connectivity index (χ2v) is 5.79. The van der Waals surface area contributed by atoms with Crippen molar-refractivity contribution in [2.45, 2.75) is 0 Å². The Morgan fingerprint density at radius 1 is 1.12 bits per heavy atom. The molecule has 3 N–H and O–H groups in total. The molecule has 132 valence electrons. The van der Waals surface area contributed by atoms with Gasteiger partial charge in [-0.3, -0.25) is 4.79 Å². The highest BCUT2D eigenvalue weighted by molar-refractivity contribution is 9.09. The quantitative estimate of drug-likeness (QED) is 0.368. The van der Waals surface area contributed by atoms with Crippen LogP contribution in [0.25, 0.3) is 6.08 Å². The number of benzene rings is 2. The molecule has 2 rings (SSSR count). The molecule has 2 aromatic carbocycles. The number of ketones is 1. The Labute approximate surface area is 153 Å². The molecule has 0 atom stereocenters. The van der Waals surface area contributed by atoms with Gasteiger partial charge in [0, 0.05) is 23.0 Å². The fourth-order valence-electron chi connectivity index (χ4n) is 2.11. The van der Waals surface area contributed by atoms with Crippen molar-refractivity contribution in [3.05, 3.63) is 47.5 Å². The van der Waals surface area contributed by atoms with Crippen molar-refractivity contribution < 1.29 is 29.6 Å². The summed E-state index contributed by atoms with van der Waals surface area (Å²) >= 11 is 3.21. The molecule has 0 unspecified atom stereocenters. The number of alkyl halides is 1. The minimum absolute atomic E-state index is 0.0947. The summed E-state index contributed by atoms with van der Waals surface area (Å²) in [5.74, 6) is -0.414. The van der Waals surface area contributed by atoms with E-state index in [1.54, 1.807) is 0 Å². The number of phenolic OH excluding ortho intramolecular Hbond substituents is 3. The predicted octanol–water partition coefficient (Wildman–Crippen LogP) is 3.48. The predicted molar refractivity (Wildman–Crippen MR) is 97.1 cm³/mol. The lowest BCUT2D eigenvalue weighted by molar-refractivity contribution is 0.104. The van der Waals surface area contributed by atoms with Crippen LogP contribution in [0.4, 0.5) is 0 Å². The molecule has 0 radical (unpaired) electrons. The summed E-state index contributed by atoms with van der Waals surface area (Å²) in [5.41, 5.74) is 0.336. The van der Waals surface area contributed by atoms with Gasteiger partial charge in [-0.1, -0.05) is 15.9 Å². The molecule has 0 aliphatic carbocycles. The average molecular weight is 409 g/mol. The fourth-order valence-corrected chi connectivity index (χ4v) is 2.27. The molecule has 0 spiro atoms. The lowest BCUT2D eigenvalue weighted by atomic mass is 10.1. The van der Waals surface area contributed by atoms with Crippen molar-refractivity contribution in [3.8, 4) is 28.7 Å². The first-order chi connectivity index (χ1) is 12.0. The molecule has 0 aliphatic heterocycles. The Hall–Kier alpha value is -2.67. The molecular weight excluding hydrogens is 392 g/mol. The van der Waals surface area contributed by atoms with Crippen molar-refractivity contribution >= 4 is 27.8 Å². The molecule has 0 bridgehead atoms. The van der Waals surface area contributed by atoms with Gasteiger partial charge in [-0.05, 0) is 30.4 Å². The summed E-state index contributed by atoms with van der Waals surface area (Å²) in [4.78, 5) is 12.2. The SMILES string of the molecule is COc1ccc(C(=O)C=Cc2c(O)cc(OCCBr)cc2O)cc1O. The zero-order valence-electron chi connectivity index (χ0n) is 13.4. The highest BCUT2D eigenvalue weighted by Gasteiger charge is 2.11. The minimum atomic E-state index is -0.406. The van der Waals surface area contributed by atoms with Crippen molar-refractivity contribution in [3.63, 3.8) is 0 Å². The van der Waals surface area contributed by atoms with E-state index in [2.05, 4.69) is 15.9 Å². The molecule has 0 saturated heterocycles. The Morgan fingerprint density at radius 3 is 2.36 bits per heavy atom. The van der Waals surface area contributed by atoms with Gasteiger partial charge < -0.3 is 24.8 Å². The van der Waals surface area contributed by atoms with E-state index in [4.69, 9.17) is 9.47 Å². The zero-order valence-corrected chi connectivity index (χ0v) is 15.0. The molecule has 6 nitrogen and oxygen atoms in total. The van der Waals surface area contributed by atoms with Gasteiger partial charge in [-0.25, -0.2) is 0 Å². The number of allylic oxidation sites excluding steroid dienone is 1. The normalized spacial score (nSPS) is 10.8. The van der Waals surface area contributed by atoms with E-state index in [1.165, 1.54) is 49.6 Å². The number of rotatable bonds is 7. The van der Waals surface area contributed by atoms with Crippen molar-refractivity contribution in [2.24, 2.45) is 0 Å². The van der Waals surface area contributed by atoms with Crippen molar-refractivity contribution in [1.82, 2.24) is 0 Å². The van der Waals surface area contributed by atoms with Gasteiger partial charge in [0.1, 0.15) is 17.2 Å². The lowest BCUT2D eigenvalue weighted by Gasteiger charge is -2.08. The van der Waals surface area contributed by atoms with E-state index in [1.807, 2.05) is 0 Å². The number of aromatic hydroxyl groups is 3. The van der Waals surface area contributed by atoms with Gasteiger partial charge in [0.25, 0.3) is 0 Å².